The Balaban J connectivity index is 1.81. The molecule has 1 aliphatic carbocycles. The van der Waals surface area contributed by atoms with Crippen LogP contribution in [0.25, 0.3) is 11.1 Å². The van der Waals surface area contributed by atoms with Crippen LogP contribution in [0.4, 0.5) is 13.2 Å². The van der Waals surface area contributed by atoms with E-state index in [0.29, 0.717) is 28.8 Å². The summed E-state index contributed by atoms with van der Waals surface area (Å²) < 4.78 is 48.1. The lowest BCUT2D eigenvalue weighted by atomic mass is 9.75. The number of rotatable bonds is 3. The van der Waals surface area contributed by atoms with E-state index in [1.165, 1.54) is 13.2 Å². The first-order valence-electron chi connectivity index (χ1n) is 9.60. The molecule has 9 heteroatoms. The molecule has 6 nitrogen and oxygen atoms in total. The molecule has 1 saturated carbocycles. The van der Waals surface area contributed by atoms with Crippen molar-refractivity contribution in [3.8, 4) is 16.9 Å². The van der Waals surface area contributed by atoms with Crippen LogP contribution in [0.15, 0.2) is 41.5 Å². The Kier molecular flexibility index (Phi) is 5.13. The number of amides is 1. The molecule has 0 bridgehead atoms. The van der Waals surface area contributed by atoms with E-state index < -0.39 is 30.4 Å². The summed E-state index contributed by atoms with van der Waals surface area (Å²) in [5.74, 6) is -3.40. The van der Waals surface area contributed by atoms with Gasteiger partial charge in [-0.15, -0.1) is 0 Å². The Bertz CT molecular complexity index is 998. The summed E-state index contributed by atoms with van der Waals surface area (Å²) in [5.41, 5.74) is 7.43. The second-order valence-electron chi connectivity index (χ2n) is 7.66. The van der Waals surface area contributed by atoms with Gasteiger partial charge in [-0.2, -0.15) is 4.39 Å². The van der Waals surface area contributed by atoms with E-state index in [0.717, 1.165) is 4.90 Å². The van der Waals surface area contributed by atoms with E-state index in [-0.39, 0.29) is 24.7 Å². The monoisotopic (exact) mass is 418 g/mol. The molecule has 158 valence electrons. The Hall–Kier alpha value is -3.10. The lowest BCUT2D eigenvalue weighted by Gasteiger charge is -2.43. The SMILES string of the molecule is CN(C=O)C(N)=NC1c2cc(-c3cccnc3F)ccc2OC2CC(F)(F)CCC21. The largest absolute Gasteiger partial charge is 0.489 e. The van der Waals surface area contributed by atoms with Crippen molar-refractivity contribution in [2.75, 3.05) is 7.05 Å². The van der Waals surface area contributed by atoms with Crippen LogP contribution < -0.4 is 10.5 Å². The number of aromatic nitrogens is 1. The summed E-state index contributed by atoms with van der Waals surface area (Å²) in [6.45, 7) is 0. The molecule has 30 heavy (non-hydrogen) atoms. The van der Waals surface area contributed by atoms with Crippen molar-refractivity contribution in [2.24, 2.45) is 16.6 Å². The molecular formula is C21H21F3N4O2. The van der Waals surface area contributed by atoms with Crippen molar-refractivity contribution in [3.63, 3.8) is 0 Å². The molecule has 0 radical (unpaired) electrons. The van der Waals surface area contributed by atoms with Gasteiger partial charge < -0.3 is 10.5 Å². The summed E-state index contributed by atoms with van der Waals surface area (Å²) in [6.07, 6.45) is 0.647. The fourth-order valence-corrected chi connectivity index (χ4v) is 4.10. The van der Waals surface area contributed by atoms with Crippen molar-refractivity contribution >= 4 is 12.4 Å². The Morgan fingerprint density at radius 1 is 1.40 bits per heavy atom. The normalized spacial score (nSPS) is 24.9. The van der Waals surface area contributed by atoms with Crippen molar-refractivity contribution in [2.45, 2.75) is 37.3 Å². The highest BCUT2D eigenvalue weighted by Crippen LogP contribution is 2.50. The number of fused-ring (bicyclic) bond motifs is 2. The minimum absolute atomic E-state index is 0.0307. The van der Waals surface area contributed by atoms with Crippen LogP contribution in [0.5, 0.6) is 5.75 Å². The zero-order valence-electron chi connectivity index (χ0n) is 16.3. The number of hydrogen-bond donors (Lipinski definition) is 1. The molecule has 2 aliphatic rings. The highest BCUT2D eigenvalue weighted by molar-refractivity contribution is 5.87. The van der Waals surface area contributed by atoms with Crippen molar-refractivity contribution in [3.05, 3.63) is 48.0 Å². The lowest BCUT2D eigenvalue weighted by molar-refractivity contribution is -0.114. The van der Waals surface area contributed by atoms with E-state index in [4.69, 9.17) is 10.5 Å². The zero-order chi connectivity index (χ0) is 21.5. The van der Waals surface area contributed by atoms with E-state index in [9.17, 15) is 18.0 Å². The second-order valence-corrected chi connectivity index (χ2v) is 7.66. The molecule has 2 aromatic rings. The molecule has 1 aromatic heterocycles. The van der Waals surface area contributed by atoms with Crippen molar-refractivity contribution < 1.29 is 22.7 Å². The third-order valence-corrected chi connectivity index (χ3v) is 5.69. The Morgan fingerprint density at radius 3 is 2.93 bits per heavy atom. The van der Waals surface area contributed by atoms with Gasteiger partial charge in [-0.3, -0.25) is 9.69 Å². The number of hydrogen-bond acceptors (Lipinski definition) is 4. The maximum Gasteiger partial charge on any atom is 0.251 e. The van der Waals surface area contributed by atoms with Crippen molar-refractivity contribution in [1.29, 1.82) is 0 Å². The van der Waals surface area contributed by atoms with Crippen LogP contribution in [0, 0.1) is 11.9 Å². The average Bonchev–Trinajstić information content (AvgIpc) is 2.72. The first-order chi connectivity index (χ1) is 14.3. The number of aliphatic imine (C=N–C) groups is 1. The van der Waals surface area contributed by atoms with Gasteiger partial charge in [0, 0.05) is 43.1 Å². The maximum atomic E-state index is 14.2. The topological polar surface area (TPSA) is 80.8 Å². The number of carbonyl (C=O) groups is 1. The van der Waals surface area contributed by atoms with Gasteiger partial charge in [-0.05, 0) is 36.2 Å². The molecule has 1 fully saturated rings. The minimum atomic E-state index is -2.81. The van der Waals surface area contributed by atoms with Crippen LogP contribution in [-0.2, 0) is 4.79 Å². The smallest absolute Gasteiger partial charge is 0.251 e. The Morgan fingerprint density at radius 2 is 2.20 bits per heavy atom. The maximum absolute atomic E-state index is 14.2. The fourth-order valence-electron chi connectivity index (χ4n) is 4.10. The summed E-state index contributed by atoms with van der Waals surface area (Å²) in [6, 6.07) is 7.63. The molecule has 2 N–H and O–H groups in total. The Labute approximate surface area is 171 Å². The van der Waals surface area contributed by atoms with Crippen LogP contribution in [0.1, 0.15) is 30.9 Å². The lowest BCUT2D eigenvalue weighted by Crippen LogP contribution is -2.45. The molecule has 1 aromatic carbocycles. The molecule has 3 atom stereocenters. The number of ether oxygens (including phenoxy) is 1. The van der Waals surface area contributed by atoms with Crippen LogP contribution in [0.2, 0.25) is 0 Å². The van der Waals surface area contributed by atoms with E-state index in [1.54, 1.807) is 30.3 Å². The fraction of sp³-hybridized carbons (Fsp3) is 0.381. The summed E-state index contributed by atoms with van der Waals surface area (Å²) in [4.78, 5) is 20.4. The van der Waals surface area contributed by atoms with E-state index in [2.05, 4.69) is 9.98 Å². The molecule has 1 amide bonds. The van der Waals surface area contributed by atoms with Gasteiger partial charge in [0.2, 0.25) is 12.4 Å². The van der Waals surface area contributed by atoms with Gasteiger partial charge in [-0.1, -0.05) is 6.07 Å². The number of halogens is 3. The van der Waals surface area contributed by atoms with Crippen molar-refractivity contribution in [1.82, 2.24) is 9.88 Å². The zero-order valence-corrected chi connectivity index (χ0v) is 16.3. The second kappa shape index (κ2) is 7.62. The highest BCUT2D eigenvalue weighted by Gasteiger charge is 2.48. The number of guanidine groups is 1. The standard InChI is InChI=1S/C21H21F3N4O2/c1-28(11-29)20(25)27-18-14-6-7-21(23,24)10-17(14)30-16-5-4-12(9-15(16)18)13-3-2-8-26-19(13)22/h2-5,8-9,11,14,17-18H,6-7,10H2,1H3,(H2,25,27). The molecule has 2 heterocycles. The van der Waals surface area contributed by atoms with Crippen LogP contribution >= 0.6 is 0 Å². The highest BCUT2D eigenvalue weighted by atomic mass is 19.3. The number of benzene rings is 1. The van der Waals surface area contributed by atoms with Gasteiger partial charge >= 0.3 is 0 Å². The third kappa shape index (κ3) is 3.71. The minimum Gasteiger partial charge on any atom is -0.489 e. The van der Waals surface area contributed by atoms with Crippen LogP contribution in [0.3, 0.4) is 0 Å². The van der Waals surface area contributed by atoms with Gasteiger partial charge in [0.15, 0.2) is 5.96 Å². The number of alkyl halides is 2. The van der Waals surface area contributed by atoms with Gasteiger partial charge in [0.05, 0.1) is 6.04 Å². The summed E-state index contributed by atoms with van der Waals surface area (Å²) in [5, 5.41) is 0. The molecular weight excluding hydrogens is 397 g/mol. The number of nitrogens with zero attached hydrogens (tertiary/aromatic N) is 3. The molecule has 4 rings (SSSR count). The van der Waals surface area contributed by atoms with Gasteiger partial charge in [-0.25, -0.2) is 18.8 Å². The van der Waals surface area contributed by atoms with E-state index in [1.807, 2.05) is 0 Å². The molecule has 0 saturated heterocycles. The average molecular weight is 418 g/mol. The summed E-state index contributed by atoms with van der Waals surface area (Å²) >= 11 is 0. The third-order valence-electron chi connectivity index (χ3n) is 5.69. The van der Waals surface area contributed by atoms with Crippen LogP contribution in [-0.4, -0.2) is 41.3 Å². The molecule has 0 spiro atoms. The predicted octanol–water partition coefficient (Wildman–Crippen LogP) is 3.53. The van der Waals surface area contributed by atoms with E-state index >= 15 is 0 Å². The predicted molar refractivity (Wildman–Crippen MR) is 105 cm³/mol. The molecule has 1 aliphatic heterocycles. The number of nitrogens with two attached hydrogens (primary N) is 1. The molecule has 3 unspecified atom stereocenters. The number of pyridine rings is 1. The van der Waals surface area contributed by atoms with Gasteiger partial charge in [0.25, 0.3) is 5.92 Å². The summed E-state index contributed by atoms with van der Waals surface area (Å²) in [7, 11) is 1.46. The number of carbonyl (C=O) groups excluding carboxylic acids is 1. The first kappa shape index (κ1) is 20.2. The van der Waals surface area contributed by atoms with Gasteiger partial charge in [0.1, 0.15) is 11.9 Å². The first-order valence-corrected chi connectivity index (χ1v) is 9.60. The quantitative estimate of drug-likeness (QED) is 0.358.